The number of nitrogens with zero attached hydrogens (tertiary/aromatic N) is 1. The number of carbonyl (C=O) groups excluding carboxylic acids is 1. The van der Waals surface area contributed by atoms with E-state index in [1.807, 2.05) is 17.7 Å². The SMILES string of the molecule is CCN(CC)C(C)(CC)C(=O)c1cscc1Br. The second-order valence-electron chi connectivity index (χ2n) is 4.26. The van der Waals surface area contributed by atoms with Gasteiger partial charge in [0.05, 0.1) is 5.54 Å². The third-order valence-electron chi connectivity index (χ3n) is 3.50. The van der Waals surface area contributed by atoms with Gasteiger partial charge < -0.3 is 0 Å². The fraction of sp³-hybridized carbons (Fsp3) is 0.615. The number of hydrogen-bond acceptors (Lipinski definition) is 3. The highest BCUT2D eigenvalue weighted by atomic mass is 79.9. The first kappa shape index (κ1) is 14.9. The van der Waals surface area contributed by atoms with Gasteiger partial charge in [0, 0.05) is 20.8 Å². The Labute approximate surface area is 116 Å². The number of thiophene rings is 1. The monoisotopic (exact) mass is 317 g/mol. The van der Waals surface area contributed by atoms with Crippen LogP contribution in [-0.4, -0.2) is 29.3 Å². The Morgan fingerprint density at radius 3 is 2.29 bits per heavy atom. The van der Waals surface area contributed by atoms with Gasteiger partial charge in [0.2, 0.25) is 0 Å². The molecule has 0 saturated heterocycles. The summed E-state index contributed by atoms with van der Waals surface area (Å²) in [6.45, 7) is 10.1. The minimum Gasteiger partial charge on any atom is -0.292 e. The molecule has 4 heteroatoms. The van der Waals surface area contributed by atoms with Crippen LogP contribution >= 0.6 is 27.3 Å². The van der Waals surface area contributed by atoms with E-state index in [1.165, 1.54) is 0 Å². The van der Waals surface area contributed by atoms with Crippen molar-refractivity contribution in [2.24, 2.45) is 0 Å². The Balaban J connectivity index is 3.09. The molecule has 0 aliphatic heterocycles. The van der Waals surface area contributed by atoms with Gasteiger partial charge in [0.15, 0.2) is 5.78 Å². The van der Waals surface area contributed by atoms with E-state index < -0.39 is 5.54 Å². The van der Waals surface area contributed by atoms with Crippen LogP contribution in [0.5, 0.6) is 0 Å². The highest BCUT2D eigenvalue weighted by Gasteiger charge is 2.37. The normalized spacial score (nSPS) is 14.9. The number of carbonyl (C=O) groups is 1. The highest BCUT2D eigenvalue weighted by Crippen LogP contribution is 2.30. The second kappa shape index (κ2) is 6.12. The van der Waals surface area contributed by atoms with Crippen LogP contribution in [0, 0.1) is 0 Å². The molecule has 0 aliphatic rings. The third kappa shape index (κ3) is 2.80. The summed E-state index contributed by atoms with van der Waals surface area (Å²) >= 11 is 5.01. The molecule has 0 amide bonds. The Bertz CT molecular complexity index is 387. The molecular weight excluding hydrogens is 298 g/mol. The van der Waals surface area contributed by atoms with Gasteiger partial charge >= 0.3 is 0 Å². The molecule has 1 heterocycles. The van der Waals surface area contributed by atoms with E-state index in [1.54, 1.807) is 11.3 Å². The van der Waals surface area contributed by atoms with E-state index in [0.717, 1.165) is 29.5 Å². The summed E-state index contributed by atoms with van der Waals surface area (Å²) in [6, 6.07) is 0. The van der Waals surface area contributed by atoms with Gasteiger partial charge in [-0.3, -0.25) is 9.69 Å². The Kier molecular flexibility index (Phi) is 5.35. The molecule has 1 aromatic heterocycles. The van der Waals surface area contributed by atoms with Crippen molar-refractivity contribution < 1.29 is 4.79 Å². The fourth-order valence-corrected chi connectivity index (χ4v) is 3.64. The topological polar surface area (TPSA) is 20.3 Å². The molecule has 1 atom stereocenters. The minimum absolute atomic E-state index is 0.219. The molecule has 0 spiro atoms. The lowest BCUT2D eigenvalue weighted by atomic mass is 9.87. The van der Waals surface area contributed by atoms with Crippen molar-refractivity contribution >= 4 is 33.0 Å². The Morgan fingerprint density at radius 2 is 1.94 bits per heavy atom. The zero-order chi connectivity index (χ0) is 13.1. The van der Waals surface area contributed by atoms with Crippen LogP contribution in [0.4, 0.5) is 0 Å². The number of halogens is 1. The van der Waals surface area contributed by atoms with Gasteiger partial charge in [-0.05, 0) is 42.4 Å². The van der Waals surface area contributed by atoms with Gasteiger partial charge in [-0.25, -0.2) is 0 Å². The number of rotatable bonds is 6. The van der Waals surface area contributed by atoms with E-state index in [4.69, 9.17) is 0 Å². The molecule has 96 valence electrons. The molecule has 1 aromatic rings. The first-order valence-electron chi connectivity index (χ1n) is 6.02. The summed E-state index contributed by atoms with van der Waals surface area (Å²) in [4.78, 5) is 14.9. The number of likely N-dealkylation sites (N-methyl/N-ethyl adjacent to an activating group) is 1. The van der Waals surface area contributed by atoms with Crippen molar-refractivity contribution in [3.8, 4) is 0 Å². The first-order valence-corrected chi connectivity index (χ1v) is 7.76. The summed E-state index contributed by atoms with van der Waals surface area (Å²) in [7, 11) is 0. The Hall–Kier alpha value is -0.190. The van der Waals surface area contributed by atoms with Crippen LogP contribution in [0.3, 0.4) is 0 Å². The van der Waals surface area contributed by atoms with Crippen LogP contribution < -0.4 is 0 Å². The molecule has 0 N–H and O–H groups in total. The first-order chi connectivity index (χ1) is 8.01. The molecule has 0 saturated carbocycles. The number of Topliss-reactive ketones (excluding diaryl/α,β-unsaturated/α-hetero) is 1. The molecule has 0 fully saturated rings. The average Bonchev–Trinajstić information content (AvgIpc) is 2.75. The summed E-state index contributed by atoms with van der Waals surface area (Å²) in [5, 5.41) is 3.90. The smallest absolute Gasteiger partial charge is 0.184 e. The summed E-state index contributed by atoms with van der Waals surface area (Å²) < 4.78 is 0.916. The second-order valence-corrected chi connectivity index (χ2v) is 5.86. The lowest BCUT2D eigenvalue weighted by molar-refractivity contribution is 0.0607. The molecule has 2 nitrogen and oxygen atoms in total. The summed E-state index contributed by atoms with van der Waals surface area (Å²) in [6.07, 6.45) is 0.829. The lowest BCUT2D eigenvalue weighted by Gasteiger charge is -2.38. The average molecular weight is 318 g/mol. The minimum atomic E-state index is -0.396. The van der Waals surface area contributed by atoms with Crippen LogP contribution in [0.1, 0.15) is 44.5 Å². The van der Waals surface area contributed by atoms with Crippen LogP contribution in [0.25, 0.3) is 0 Å². The quantitative estimate of drug-likeness (QED) is 0.733. The maximum Gasteiger partial charge on any atom is 0.184 e. The Morgan fingerprint density at radius 1 is 1.35 bits per heavy atom. The van der Waals surface area contributed by atoms with Crippen LogP contribution in [0.15, 0.2) is 15.2 Å². The molecule has 1 rings (SSSR count). The van der Waals surface area contributed by atoms with Gasteiger partial charge in [-0.1, -0.05) is 20.8 Å². The van der Waals surface area contributed by atoms with Gasteiger partial charge in [-0.2, -0.15) is 11.3 Å². The molecule has 0 aliphatic carbocycles. The zero-order valence-electron chi connectivity index (χ0n) is 10.9. The third-order valence-corrected chi connectivity index (χ3v) is 5.20. The maximum atomic E-state index is 12.7. The van der Waals surface area contributed by atoms with Crippen LogP contribution in [-0.2, 0) is 0 Å². The predicted octanol–water partition coefficient (Wildman–Crippen LogP) is 4.20. The van der Waals surface area contributed by atoms with Crippen molar-refractivity contribution in [2.75, 3.05) is 13.1 Å². The molecule has 0 aromatic carbocycles. The van der Waals surface area contributed by atoms with E-state index in [-0.39, 0.29) is 5.78 Å². The largest absolute Gasteiger partial charge is 0.292 e. The summed E-state index contributed by atoms with van der Waals surface area (Å²) in [5.74, 6) is 0.219. The van der Waals surface area contributed by atoms with E-state index >= 15 is 0 Å². The molecular formula is C13H20BrNOS. The maximum absolute atomic E-state index is 12.7. The van der Waals surface area contributed by atoms with Gasteiger partial charge in [0.25, 0.3) is 0 Å². The number of hydrogen-bond donors (Lipinski definition) is 0. The van der Waals surface area contributed by atoms with E-state index in [2.05, 4.69) is 41.6 Å². The van der Waals surface area contributed by atoms with Crippen molar-refractivity contribution in [1.29, 1.82) is 0 Å². The van der Waals surface area contributed by atoms with E-state index in [0.29, 0.717) is 0 Å². The van der Waals surface area contributed by atoms with Crippen LogP contribution in [0.2, 0.25) is 0 Å². The standard InChI is InChI=1S/C13H20BrNOS/c1-5-13(4,15(6-2)7-3)12(16)10-8-17-9-11(10)14/h8-9H,5-7H2,1-4H3. The molecule has 1 unspecified atom stereocenters. The predicted molar refractivity (Wildman–Crippen MR) is 78.0 cm³/mol. The van der Waals surface area contributed by atoms with E-state index in [9.17, 15) is 4.79 Å². The molecule has 0 bridgehead atoms. The van der Waals surface area contributed by atoms with Crippen molar-refractivity contribution in [3.05, 3.63) is 20.8 Å². The van der Waals surface area contributed by atoms with Crippen molar-refractivity contribution in [1.82, 2.24) is 4.90 Å². The van der Waals surface area contributed by atoms with Gasteiger partial charge in [0.1, 0.15) is 0 Å². The fourth-order valence-electron chi connectivity index (χ4n) is 2.18. The van der Waals surface area contributed by atoms with Crippen molar-refractivity contribution in [3.63, 3.8) is 0 Å². The molecule has 0 radical (unpaired) electrons. The summed E-state index contributed by atoms with van der Waals surface area (Å²) in [5.41, 5.74) is 0.416. The molecule has 17 heavy (non-hydrogen) atoms. The zero-order valence-corrected chi connectivity index (χ0v) is 13.3. The lowest BCUT2D eigenvalue weighted by Crippen LogP contribution is -2.51. The highest BCUT2D eigenvalue weighted by molar-refractivity contribution is 9.10. The van der Waals surface area contributed by atoms with Gasteiger partial charge in [-0.15, -0.1) is 0 Å². The number of ketones is 1. The van der Waals surface area contributed by atoms with Crippen molar-refractivity contribution in [2.45, 2.75) is 39.7 Å².